The van der Waals surface area contributed by atoms with Gasteiger partial charge in [0.1, 0.15) is 0 Å². The van der Waals surface area contributed by atoms with E-state index in [0.717, 1.165) is 24.5 Å². The SMILES string of the molecule is Cc1nc(CC(CNCC(C)C)c2ccccc2Br)cs1. The molecule has 1 unspecified atom stereocenters. The van der Waals surface area contributed by atoms with Gasteiger partial charge >= 0.3 is 0 Å². The molecule has 0 saturated heterocycles. The second-order valence-corrected chi connectivity index (χ2v) is 7.75. The van der Waals surface area contributed by atoms with E-state index < -0.39 is 0 Å². The van der Waals surface area contributed by atoms with Gasteiger partial charge < -0.3 is 5.32 Å². The Morgan fingerprint density at radius 3 is 2.62 bits per heavy atom. The van der Waals surface area contributed by atoms with Crippen molar-refractivity contribution in [2.45, 2.75) is 33.1 Å². The minimum absolute atomic E-state index is 0.445. The highest BCUT2D eigenvalue weighted by Crippen LogP contribution is 2.28. The Morgan fingerprint density at radius 2 is 2.00 bits per heavy atom. The maximum Gasteiger partial charge on any atom is 0.0897 e. The van der Waals surface area contributed by atoms with Gasteiger partial charge in [-0.1, -0.05) is 48.0 Å². The Bertz CT molecular complexity index is 565. The number of aromatic nitrogens is 1. The van der Waals surface area contributed by atoms with E-state index in [4.69, 9.17) is 0 Å². The third-order valence-corrected chi connectivity index (χ3v) is 4.95. The highest BCUT2D eigenvalue weighted by atomic mass is 79.9. The smallest absolute Gasteiger partial charge is 0.0897 e. The van der Waals surface area contributed by atoms with Gasteiger partial charge in [0.2, 0.25) is 0 Å². The molecule has 2 nitrogen and oxygen atoms in total. The zero-order chi connectivity index (χ0) is 15.2. The van der Waals surface area contributed by atoms with Crippen LogP contribution in [0.3, 0.4) is 0 Å². The molecule has 0 amide bonds. The lowest BCUT2D eigenvalue weighted by Crippen LogP contribution is -2.26. The van der Waals surface area contributed by atoms with Crippen LogP contribution in [0.4, 0.5) is 0 Å². The van der Waals surface area contributed by atoms with Crippen LogP contribution >= 0.6 is 27.3 Å². The van der Waals surface area contributed by atoms with Crippen molar-refractivity contribution < 1.29 is 0 Å². The Labute approximate surface area is 140 Å². The Balaban J connectivity index is 2.12. The van der Waals surface area contributed by atoms with Crippen molar-refractivity contribution in [3.8, 4) is 0 Å². The molecule has 0 fully saturated rings. The van der Waals surface area contributed by atoms with Crippen molar-refractivity contribution in [2.75, 3.05) is 13.1 Å². The summed E-state index contributed by atoms with van der Waals surface area (Å²) < 4.78 is 1.19. The standard InChI is InChI=1S/C17H23BrN2S/c1-12(2)9-19-10-14(8-15-11-21-13(3)20-15)16-6-4-5-7-17(16)18/h4-7,11-12,14,19H,8-10H2,1-3H3. The summed E-state index contributed by atoms with van der Waals surface area (Å²) in [4.78, 5) is 4.62. The average molecular weight is 367 g/mol. The van der Waals surface area contributed by atoms with E-state index in [9.17, 15) is 0 Å². The van der Waals surface area contributed by atoms with Gasteiger partial charge in [-0.3, -0.25) is 0 Å². The largest absolute Gasteiger partial charge is 0.316 e. The van der Waals surface area contributed by atoms with Crippen LogP contribution in [0.5, 0.6) is 0 Å². The molecule has 0 aliphatic rings. The topological polar surface area (TPSA) is 24.9 Å². The van der Waals surface area contributed by atoms with E-state index in [1.165, 1.54) is 15.7 Å². The first kappa shape index (κ1) is 16.7. The molecular formula is C17H23BrN2S. The number of aryl methyl sites for hydroxylation is 1. The number of hydrogen-bond acceptors (Lipinski definition) is 3. The fourth-order valence-corrected chi connectivity index (χ4v) is 3.63. The molecule has 1 atom stereocenters. The van der Waals surface area contributed by atoms with E-state index in [-0.39, 0.29) is 0 Å². The van der Waals surface area contributed by atoms with Gasteiger partial charge in [-0.25, -0.2) is 4.98 Å². The molecule has 4 heteroatoms. The van der Waals surface area contributed by atoms with Crippen LogP contribution in [0.15, 0.2) is 34.1 Å². The van der Waals surface area contributed by atoms with E-state index in [1.54, 1.807) is 11.3 Å². The van der Waals surface area contributed by atoms with Crippen LogP contribution in [0, 0.1) is 12.8 Å². The maximum atomic E-state index is 4.62. The Morgan fingerprint density at radius 1 is 1.24 bits per heavy atom. The van der Waals surface area contributed by atoms with E-state index in [0.29, 0.717) is 11.8 Å². The molecule has 1 N–H and O–H groups in total. The van der Waals surface area contributed by atoms with Gasteiger partial charge in [-0.05, 0) is 37.4 Å². The number of rotatable bonds is 7. The lowest BCUT2D eigenvalue weighted by molar-refractivity contribution is 0.512. The molecule has 0 saturated carbocycles. The van der Waals surface area contributed by atoms with Crippen LogP contribution < -0.4 is 5.32 Å². The van der Waals surface area contributed by atoms with Gasteiger partial charge in [0, 0.05) is 22.3 Å². The van der Waals surface area contributed by atoms with Crippen LogP contribution in [0.25, 0.3) is 0 Å². The molecule has 1 heterocycles. The zero-order valence-corrected chi connectivity index (χ0v) is 15.3. The minimum Gasteiger partial charge on any atom is -0.316 e. The first-order chi connectivity index (χ1) is 10.1. The monoisotopic (exact) mass is 366 g/mol. The average Bonchev–Trinajstić information content (AvgIpc) is 2.83. The van der Waals surface area contributed by atoms with Crippen LogP contribution in [0.2, 0.25) is 0 Å². The lowest BCUT2D eigenvalue weighted by Gasteiger charge is -2.19. The lowest BCUT2D eigenvalue weighted by atomic mass is 9.94. The first-order valence-electron chi connectivity index (χ1n) is 7.42. The summed E-state index contributed by atoms with van der Waals surface area (Å²) in [6.07, 6.45) is 0.984. The Hall–Kier alpha value is -0.710. The zero-order valence-electron chi connectivity index (χ0n) is 12.9. The highest BCUT2D eigenvalue weighted by Gasteiger charge is 2.16. The van der Waals surface area contributed by atoms with Gasteiger partial charge in [0.25, 0.3) is 0 Å². The van der Waals surface area contributed by atoms with Crippen molar-refractivity contribution in [1.29, 1.82) is 0 Å². The molecule has 2 rings (SSSR count). The number of hydrogen-bond donors (Lipinski definition) is 1. The summed E-state index contributed by atoms with van der Waals surface area (Å²) in [5, 5.41) is 6.92. The third kappa shape index (κ3) is 5.20. The van der Waals surface area contributed by atoms with Gasteiger partial charge in [-0.15, -0.1) is 11.3 Å². The summed E-state index contributed by atoms with van der Waals surface area (Å²) in [5.74, 6) is 1.12. The van der Waals surface area contributed by atoms with Gasteiger partial charge in [0.15, 0.2) is 0 Å². The molecule has 0 aliphatic heterocycles. The number of nitrogens with one attached hydrogen (secondary N) is 1. The minimum atomic E-state index is 0.445. The van der Waals surface area contributed by atoms with Crippen LogP contribution in [-0.2, 0) is 6.42 Å². The number of nitrogens with zero attached hydrogens (tertiary/aromatic N) is 1. The van der Waals surface area contributed by atoms with Crippen molar-refractivity contribution >= 4 is 27.3 Å². The molecule has 21 heavy (non-hydrogen) atoms. The summed E-state index contributed by atoms with van der Waals surface area (Å²) in [5.41, 5.74) is 2.56. The summed E-state index contributed by atoms with van der Waals surface area (Å²) in [6, 6.07) is 8.52. The molecular weight excluding hydrogens is 344 g/mol. The number of benzene rings is 1. The van der Waals surface area contributed by atoms with Crippen molar-refractivity contribution in [1.82, 2.24) is 10.3 Å². The summed E-state index contributed by atoms with van der Waals surface area (Å²) in [6.45, 7) is 8.58. The molecule has 0 bridgehead atoms. The van der Waals surface area contributed by atoms with Crippen molar-refractivity contribution in [2.24, 2.45) is 5.92 Å². The fourth-order valence-electron chi connectivity index (χ4n) is 2.40. The number of thiazole rings is 1. The van der Waals surface area contributed by atoms with Gasteiger partial charge in [0.05, 0.1) is 10.7 Å². The van der Waals surface area contributed by atoms with E-state index in [1.807, 2.05) is 0 Å². The Kier molecular flexibility index (Phi) is 6.40. The summed E-state index contributed by atoms with van der Waals surface area (Å²) in [7, 11) is 0. The maximum absolute atomic E-state index is 4.62. The van der Waals surface area contributed by atoms with Gasteiger partial charge in [-0.2, -0.15) is 0 Å². The molecule has 114 valence electrons. The second kappa shape index (κ2) is 8.06. The normalized spacial score (nSPS) is 12.8. The van der Waals surface area contributed by atoms with Crippen molar-refractivity contribution in [3.05, 3.63) is 50.4 Å². The predicted octanol–water partition coefficient (Wildman–Crippen LogP) is 4.79. The summed E-state index contributed by atoms with van der Waals surface area (Å²) >= 11 is 5.42. The highest BCUT2D eigenvalue weighted by molar-refractivity contribution is 9.10. The third-order valence-electron chi connectivity index (χ3n) is 3.41. The van der Waals surface area contributed by atoms with Crippen molar-refractivity contribution in [3.63, 3.8) is 0 Å². The predicted molar refractivity (Wildman–Crippen MR) is 95.1 cm³/mol. The quantitative estimate of drug-likeness (QED) is 0.761. The fraction of sp³-hybridized carbons (Fsp3) is 0.471. The number of halogens is 1. The second-order valence-electron chi connectivity index (χ2n) is 5.83. The molecule has 2 aromatic rings. The molecule has 0 aliphatic carbocycles. The first-order valence-corrected chi connectivity index (χ1v) is 9.09. The van der Waals surface area contributed by atoms with Crippen LogP contribution in [0.1, 0.15) is 36.0 Å². The molecule has 1 aromatic carbocycles. The molecule has 1 aromatic heterocycles. The van der Waals surface area contributed by atoms with Crippen LogP contribution in [-0.4, -0.2) is 18.1 Å². The van der Waals surface area contributed by atoms with E-state index in [2.05, 4.69) is 76.6 Å². The molecule has 0 spiro atoms. The van der Waals surface area contributed by atoms with E-state index >= 15 is 0 Å². The molecule has 0 radical (unpaired) electrons.